The van der Waals surface area contributed by atoms with E-state index in [0.29, 0.717) is 29.4 Å². The highest BCUT2D eigenvalue weighted by atomic mass is 16.5. The molecule has 0 saturated heterocycles. The molecule has 0 spiro atoms. The Morgan fingerprint density at radius 2 is 1.57 bits per heavy atom. The number of amides is 2. The molecule has 0 radical (unpaired) electrons. The van der Waals surface area contributed by atoms with Crippen LogP contribution in [0.5, 0.6) is 17.2 Å². The summed E-state index contributed by atoms with van der Waals surface area (Å²) < 4.78 is 15.6. The van der Waals surface area contributed by atoms with Crippen LogP contribution in [0, 0.1) is 0 Å². The Hall–Kier alpha value is -2.44. The first-order valence-corrected chi connectivity index (χ1v) is 6.42. The van der Waals surface area contributed by atoms with Gasteiger partial charge in [0.25, 0.3) is 0 Å². The predicted octanol–water partition coefficient (Wildman–Crippen LogP) is 1.18. The number of carbonyl (C=O) groups excluding carboxylic acids is 2. The quantitative estimate of drug-likeness (QED) is 0.789. The molecular formula is C14H20N2O5. The van der Waals surface area contributed by atoms with Gasteiger partial charge in [-0.15, -0.1) is 0 Å². The van der Waals surface area contributed by atoms with Gasteiger partial charge in [0.15, 0.2) is 11.5 Å². The standard InChI is InChI=1S/C14H20N2O5/c1-5-12(17)15-8-13(18)16-9-6-10(19-2)14(21-4)11(7-9)20-3/h6-7H,5,8H2,1-4H3,(H,15,17)(H,16,18). The molecule has 0 heterocycles. The van der Waals surface area contributed by atoms with E-state index in [0.717, 1.165) is 0 Å². The van der Waals surface area contributed by atoms with Gasteiger partial charge in [0.1, 0.15) is 0 Å². The van der Waals surface area contributed by atoms with E-state index in [1.165, 1.54) is 21.3 Å². The summed E-state index contributed by atoms with van der Waals surface area (Å²) in [4.78, 5) is 22.9. The van der Waals surface area contributed by atoms with Crippen molar-refractivity contribution in [3.8, 4) is 17.2 Å². The van der Waals surface area contributed by atoms with Gasteiger partial charge in [-0.05, 0) is 0 Å². The third-order valence-electron chi connectivity index (χ3n) is 2.72. The van der Waals surface area contributed by atoms with E-state index in [4.69, 9.17) is 14.2 Å². The number of hydrogen-bond acceptors (Lipinski definition) is 5. The predicted molar refractivity (Wildman–Crippen MR) is 78.0 cm³/mol. The number of carbonyl (C=O) groups is 2. The van der Waals surface area contributed by atoms with Crippen molar-refractivity contribution >= 4 is 17.5 Å². The number of benzene rings is 1. The average Bonchev–Trinajstić information content (AvgIpc) is 2.51. The van der Waals surface area contributed by atoms with E-state index in [2.05, 4.69) is 10.6 Å². The molecule has 116 valence electrons. The molecule has 0 unspecified atom stereocenters. The van der Waals surface area contributed by atoms with E-state index in [-0.39, 0.29) is 18.4 Å². The van der Waals surface area contributed by atoms with Crippen molar-refractivity contribution in [2.45, 2.75) is 13.3 Å². The third-order valence-corrected chi connectivity index (χ3v) is 2.72. The number of rotatable bonds is 7. The monoisotopic (exact) mass is 296 g/mol. The molecule has 0 fully saturated rings. The Bertz CT molecular complexity index is 491. The van der Waals surface area contributed by atoms with Gasteiger partial charge in [-0.2, -0.15) is 0 Å². The van der Waals surface area contributed by atoms with E-state index >= 15 is 0 Å². The van der Waals surface area contributed by atoms with E-state index in [1.807, 2.05) is 0 Å². The van der Waals surface area contributed by atoms with Crippen LogP contribution in [0.15, 0.2) is 12.1 Å². The summed E-state index contributed by atoms with van der Waals surface area (Å²) in [5.41, 5.74) is 0.486. The second-order valence-electron chi connectivity index (χ2n) is 4.09. The Balaban J connectivity index is 2.83. The van der Waals surface area contributed by atoms with Gasteiger partial charge < -0.3 is 24.8 Å². The zero-order valence-electron chi connectivity index (χ0n) is 12.6. The summed E-state index contributed by atoms with van der Waals surface area (Å²) in [6.07, 6.45) is 0.331. The van der Waals surface area contributed by atoms with Crippen LogP contribution in [0.2, 0.25) is 0 Å². The molecule has 21 heavy (non-hydrogen) atoms. The maximum Gasteiger partial charge on any atom is 0.243 e. The molecule has 0 aromatic heterocycles. The fraction of sp³-hybridized carbons (Fsp3) is 0.429. The molecular weight excluding hydrogens is 276 g/mol. The van der Waals surface area contributed by atoms with E-state index < -0.39 is 0 Å². The highest BCUT2D eigenvalue weighted by Gasteiger charge is 2.14. The minimum absolute atomic E-state index is 0.0939. The zero-order chi connectivity index (χ0) is 15.8. The summed E-state index contributed by atoms with van der Waals surface area (Å²) in [5, 5.41) is 5.15. The molecule has 2 amide bonds. The molecule has 7 heteroatoms. The lowest BCUT2D eigenvalue weighted by Crippen LogP contribution is -2.32. The first-order valence-electron chi connectivity index (χ1n) is 6.42. The number of hydrogen-bond donors (Lipinski definition) is 2. The van der Waals surface area contributed by atoms with Crippen molar-refractivity contribution in [2.75, 3.05) is 33.2 Å². The minimum atomic E-state index is -0.342. The van der Waals surface area contributed by atoms with Crippen molar-refractivity contribution in [1.29, 1.82) is 0 Å². The topological polar surface area (TPSA) is 85.9 Å². The molecule has 0 bridgehead atoms. The smallest absolute Gasteiger partial charge is 0.243 e. The Labute approximate surface area is 123 Å². The molecule has 1 rings (SSSR count). The summed E-state index contributed by atoms with van der Waals surface area (Å²) >= 11 is 0. The normalized spacial score (nSPS) is 9.71. The van der Waals surface area contributed by atoms with Crippen LogP contribution in [0.4, 0.5) is 5.69 Å². The highest BCUT2D eigenvalue weighted by Crippen LogP contribution is 2.39. The second-order valence-corrected chi connectivity index (χ2v) is 4.09. The molecule has 0 saturated carbocycles. The molecule has 1 aromatic rings. The number of anilines is 1. The summed E-state index contributed by atoms with van der Waals surface area (Å²) in [6, 6.07) is 3.22. The Kier molecular flexibility index (Phi) is 6.32. The van der Waals surface area contributed by atoms with E-state index in [1.54, 1.807) is 19.1 Å². The number of nitrogens with one attached hydrogen (secondary N) is 2. The van der Waals surface area contributed by atoms with Crippen LogP contribution in [-0.4, -0.2) is 39.7 Å². The van der Waals surface area contributed by atoms with Crippen molar-refractivity contribution < 1.29 is 23.8 Å². The second kappa shape index (κ2) is 7.98. The van der Waals surface area contributed by atoms with Crippen LogP contribution >= 0.6 is 0 Å². The molecule has 0 aliphatic rings. The summed E-state index contributed by atoms with van der Waals surface area (Å²) in [5.74, 6) is 0.785. The fourth-order valence-electron chi connectivity index (χ4n) is 1.66. The van der Waals surface area contributed by atoms with Gasteiger partial charge in [-0.25, -0.2) is 0 Å². The molecule has 0 aliphatic heterocycles. The summed E-state index contributed by atoms with van der Waals surface area (Å²) in [7, 11) is 4.48. The van der Waals surface area contributed by atoms with Gasteiger partial charge in [0.2, 0.25) is 17.6 Å². The molecule has 1 aromatic carbocycles. The first kappa shape index (κ1) is 16.6. The van der Waals surface area contributed by atoms with Crippen LogP contribution in [-0.2, 0) is 9.59 Å². The third kappa shape index (κ3) is 4.55. The van der Waals surface area contributed by atoms with Crippen molar-refractivity contribution in [3.05, 3.63) is 12.1 Å². The lowest BCUT2D eigenvalue weighted by molar-refractivity contribution is -0.123. The van der Waals surface area contributed by atoms with Gasteiger partial charge in [-0.1, -0.05) is 6.92 Å². The van der Waals surface area contributed by atoms with Crippen molar-refractivity contribution in [3.63, 3.8) is 0 Å². The lowest BCUT2D eigenvalue weighted by atomic mass is 10.2. The largest absolute Gasteiger partial charge is 0.493 e. The molecule has 0 atom stereocenters. The molecule has 2 N–H and O–H groups in total. The van der Waals surface area contributed by atoms with Gasteiger partial charge in [-0.3, -0.25) is 9.59 Å². The number of ether oxygens (including phenoxy) is 3. The van der Waals surface area contributed by atoms with Crippen molar-refractivity contribution in [1.82, 2.24) is 5.32 Å². The van der Waals surface area contributed by atoms with Crippen molar-refractivity contribution in [2.24, 2.45) is 0 Å². The maximum atomic E-state index is 11.7. The SMILES string of the molecule is CCC(=O)NCC(=O)Nc1cc(OC)c(OC)c(OC)c1. The first-order chi connectivity index (χ1) is 10.0. The maximum absolute atomic E-state index is 11.7. The fourth-order valence-corrected chi connectivity index (χ4v) is 1.66. The van der Waals surface area contributed by atoms with Crippen LogP contribution in [0.3, 0.4) is 0 Å². The number of methoxy groups -OCH3 is 3. The Morgan fingerprint density at radius 1 is 1.00 bits per heavy atom. The average molecular weight is 296 g/mol. The zero-order valence-corrected chi connectivity index (χ0v) is 12.6. The lowest BCUT2D eigenvalue weighted by Gasteiger charge is -2.14. The van der Waals surface area contributed by atoms with Crippen LogP contribution in [0.25, 0.3) is 0 Å². The molecule has 0 aliphatic carbocycles. The van der Waals surface area contributed by atoms with Gasteiger partial charge >= 0.3 is 0 Å². The highest BCUT2D eigenvalue weighted by molar-refractivity contribution is 5.95. The van der Waals surface area contributed by atoms with Crippen LogP contribution in [0.1, 0.15) is 13.3 Å². The minimum Gasteiger partial charge on any atom is -0.493 e. The molecule has 7 nitrogen and oxygen atoms in total. The van der Waals surface area contributed by atoms with E-state index in [9.17, 15) is 9.59 Å². The van der Waals surface area contributed by atoms with Gasteiger partial charge in [0.05, 0.1) is 27.9 Å². The summed E-state index contributed by atoms with van der Waals surface area (Å²) in [6.45, 7) is 1.62. The van der Waals surface area contributed by atoms with Gasteiger partial charge in [0, 0.05) is 24.2 Å². The van der Waals surface area contributed by atoms with Crippen LogP contribution < -0.4 is 24.8 Å². The Morgan fingerprint density at radius 3 is 2.00 bits per heavy atom.